The van der Waals surface area contributed by atoms with Gasteiger partial charge in [0.2, 0.25) is 15.9 Å². The Morgan fingerprint density at radius 2 is 1.86 bits per heavy atom. The van der Waals surface area contributed by atoms with Gasteiger partial charge >= 0.3 is 0 Å². The third kappa shape index (κ3) is 5.87. The lowest BCUT2D eigenvalue weighted by Crippen LogP contribution is -2.41. The number of hydrogen-bond donors (Lipinski definition) is 1. The fourth-order valence-electron chi connectivity index (χ4n) is 3.14. The maximum Gasteiger partial charge on any atom is 0.241 e. The first-order valence-electron chi connectivity index (χ1n) is 9.24. The second kappa shape index (κ2) is 9.50. The quantitative estimate of drug-likeness (QED) is 0.675. The molecule has 0 radical (unpaired) electrons. The second-order valence-electron chi connectivity index (χ2n) is 6.96. The van der Waals surface area contributed by atoms with Crippen molar-refractivity contribution in [2.75, 3.05) is 24.2 Å². The number of amides is 1. The Morgan fingerprint density at radius 3 is 2.41 bits per heavy atom. The van der Waals surface area contributed by atoms with Crippen LogP contribution in [0.15, 0.2) is 36.4 Å². The van der Waals surface area contributed by atoms with Crippen LogP contribution in [0.5, 0.6) is 5.75 Å². The summed E-state index contributed by atoms with van der Waals surface area (Å²) in [4.78, 5) is 12.7. The summed E-state index contributed by atoms with van der Waals surface area (Å²) in [7, 11) is -2.07. The smallest absolute Gasteiger partial charge is 0.241 e. The second-order valence-corrected chi connectivity index (χ2v) is 9.30. The summed E-state index contributed by atoms with van der Waals surface area (Å²) in [6.45, 7) is 5.34. The van der Waals surface area contributed by atoms with Crippen LogP contribution in [-0.2, 0) is 14.8 Å². The lowest BCUT2D eigenvalue weighted by Gasteiger charge is -2.25. The standard InChI is InChI=1S/C21H27ClN2O4S/c1-6-18(16-8-10-20(28-4)15(3)11-16)23-21(25)13-24(29(5,26)27)19-12-17(22)9-7-14(19)2/h7-12,18H,6,13H2,1-5H3,(H,23,25)/t18-/m0/s1. The van der Waals surface area contributed by atoms with Crippen molar-refractivity contribution < 1.29 is 17.9 Å². The van der Waals surface area contributed by atoms with Gasteiger partial charge in [0.1, 0.15) is 12.3 Å². The molecule has 1 N–H and O–H groups in total. The van der Waals surface area contributed by atoms with Crippen molar-refractivity contribution in [3.8, 4) is 5.75 Å². The van der Waals surface area contributed by atoms with Gasteiger partial charge in [0.15, 0.2) is 0 Å². The van der Waals surface area contributed by atoms with Crippen molar-refractivity contribution in [2.24, 2.45) is 0 Å². The molecule has 6 nitrogen and oxygen atoms in total. The van der Waals surface area contributed by atoms with Crippen LogP contribution < -0.4 is 14.4 Å². The molecule has 2 rings (SSSR count). The Morgan fingerprint density at radius 1 is 1.17 bits per heavy atom. The molecule has 0 spiro atoms. The first kappa shape index (κ1) is 23.0. The summed E-state index contributed by atoms with van der Waals surface area (Å²) in [6, 6.07) is 10.4. The molecule has 8 heteroatoms. The van der Waals surface area contributed by atoms with Crippen LogP contribution in [0.4, 0.5) is 5.69 Å². The van der Waals surface area contributed by atoms with E-state index in [9.17, 15) is 13.2 Å². The maximum absolute atomic E-state index is 12.7. The molecule has 2 aromatic rings. The van der Waals surface area contributed by atoms with E-state index in [1.54, 1.807) is 32.2 Å². The number of halogens is 1. The fraction of sp³-hybridized carbons (Fsp3) is 0.381. The molecule has 0 unspecified atom stereocenters. The van der Waals surface area contributed by atoms with E-state index in [4.69, 9.17) is 16.3 Å². The summed E-state index contributed by atoms with van der Waals surface area (Å²) in [5, 5.41) is 3.34. The summed E-state index contributed by atoms with van der Waals surface area (Å²) in [5.41, 5.74) is 3.00. The average molecular weight is 439 g/mol. The molecule has 0 saturated heterocycles. The number of carbonyl (C=O) groups is 1. The number of carbonyl (C=O) groups excluding carboxylic acids is 1. The largest absolute Gasteiger partial charge is 0.496 e. The molecule has 0 heterocycles. The molecular formula is C21H27ClN2O4S. The monoisotopic (exact) mass is 438 g/mol. The van der Waals surface area contributed by atoms with Crippen molar-refractivity contribution in [1.29, 1.82) is 0 Å². The molecule has 0 aliphatic carbocycles. The zero-order valence-electron chi connectivity index (χ0n) is 17.3. The maximum atomic E-state index is 12.7. The third-order valence-electron chi connectivity index (χ3n) is 4.69. The number of nitrogens with one attached hydrogen (secondary N) is 1. The van der Waals surface area contributed by atoms with Crippen molar-refractivity contribution in [3.63, 3.8) is 0 Å². The summed E-state index contributed by atoms with van der Waals surface area (Å²) in [5.74, 6) is 0.379. The van der Waals surface area contributed by atoms with Crippen molar-refractivity contribution in [1.82, 2.24) is 5.32 Å². The van der Waals surface area contributed by atoms with Gasteiger partial charge in [0.25, 0.3) is 0 Å². The number of sulfonamides is 1. The Balaban J connectivity index is 2.25. The highest BCUT2D eigenvalue weighted by Gasteiger charge is 2.24. The minimum Gasteiger partial charge on any atom is -0.496 e. The van der Waals surface area contributed by atoms with Crippen LogP contribution in [0.25, 0.3) is 0 Å². The van der Waals surface area contributed by atoms with Crippen LogP contribution >= 0.6 is 11.6 Å². The van der Waals surface area contributed by atoms with Crippen LogP contribution in [-0.4, -0.2) is 34.2 Å². The zero-order valence-corrected chi connectivity index (χ0v) is 18.9. The van der Waals surface area contributed by atoms with Gasteiger partial charge in [-0.3, -0.25) is 9.10 Å². The Labute approximate surface area is 177 Å². The van der Waals surface area contributed by atoms with E-state index in [0.717, 1.165) is 27.4 Å². The van der Waals surface area contributed by atoms with E-state index in [2.05, 4.69) is 5.32 Å². The van der Waals surface area contributed by atoms with Gasteiger partial charge in [0.05, 0.1) is 25.1 Å². The molecule has 0 aromatic heterocycles. The Kier molecular flexibility index (Phi) is 7.54. The molecule has 2 aromatic carbocycles. The average Bonchev–Trinajstić information content (AvgIpc) is 2.65. The van der Waals surface area contributed by atoms with E-state index < -0.39 is 15.9 Å². The van der Waals surface area contributed by atoms with Gasteiger partial charge < -0.3 is 10.1 Å². The number of nitrogens with zero attached hydrogens (tertiary/aromatic N) is 1. The Hall–Kier alpha value is -2.25. The Bertz CT molecular complexity index is 992. The first-order chi connectivity index (χ1) is 13.6. The van der Waals surface area contributed by atoms with Crippen molar-refractivity contribution in [2.45, 2.75) is 33.2 Å². The topological polar surface area (TPSA) is 75.7 Å². The predicted molar refractivity (Wildman–Crippen MR) is 117 cm³/mol. The summed E-state index contributed by atoms with van der Waals surface area (Å²) >= 11 is 6.04. The van der Waals surface area contributed by atoms with E-state index in [1.165, 1.54) is 0 Å². The minimum absolute atomic E-state index is 0.242. The van der Waals surface area contributed by atoms with Gasteiger partial charge in [-0.2, -0.15) is 0 Å². The van der Waals surface area contributed by atoms with Gasteiger partial charge in [-0.15, -0.1) is 0 Å². The third-order valence-corrected chi connectivity index (χ3v) is 6.05. The van der Waals surface area contributed by atoms with Gasteiger partial charge in [0, 0.05) is 5.02 Å². The normalized spacial score (nSPS) is 12.3. The highest BCUT2D eigenvalue weighted by atomic mass is 35.5. The van der Waals surface area contributed by atoms with Crippen LogP contribution in [0.1, 0.15) is 36.1 Å². The number of rotatable bonds is 8. The van der Waals surface area contributed by atoms with Crippen LogP contribution in [0, 0.1) is 13.8 Å². The van der Waals surface area contributed by atoms with E-state index in [1.807, 2.05) is 32.0 Å². The molecule has 0 aliphatic heterocycles. The van der Waals surface area contributed by atoms with Crippen molar-refractivity contribution >= 4 is 33.2 Å². The van der Waals surface area contributed by atoms with Gasteiger partial charge in [-0.25, -0.2) is 8.42 Å². The number of benzene rings is 2. The number of anilines is 1. The van der Waals surface area contributed by atoms with E-state index >= 15 is 0 Å². The molecule has 0 aliphatic rings. The fourth-order valence-corrected chi connectivity index (χ4v) is 4.21. The van der Waals surface area contributed by atoms with Crippen LogP contribution in [0.3, 0.4) is 0 Å². The van der Waals surface area contributed by atoms with Gasteiger partial charge in [-0.05, 0) is 55.2 Å². The number of ether oxygens (including phenoxy) is 1. The highest BCUT2D eigenvalue weighted by molar-refractivity contribution is 7.92. The number of methoxy groups -OCH3 is 1. The summed E-state index contributed by atoms with van der Waals surface area (Å²) < 4.78 is 31.1. The lowest BCUT2D eigenvalue weighted by atomic mass is 10.0. The zero-order chi connectivity index (χ0) is 21.8. The molecule has 0 fully saturated rings. The van der Waals surface area contributed by atoms with Crippen LogP contribution in [0.2, 0.25) is 5.02 Å². The van der Waals surface area contributed by atoms with Crippen molar-refractivity contribution in [3.05, 3.63) is 58.1 Å². The molecule has 29 heavy (non-hydrogen) atoms. The molecule has 0 bridgehead atoms. The number of aryl methyl sites for hydroxylation is 2. The molecule has 1 amide bonds. The first-order valence-corrected chi connectivity index (χ1v) is 11.5. The minimum atomic E-state index is -3.68. The van der Waals surface area contributed by atoms with E-state index in [-0.39, 0.29) is 12.6 Å². The molecule has 1 atom stereocenters. The SMILES string of the molecule is CC[C@H](NC(=O)CN(c1cc(Cl)ccc1C)S(C)(=O)=O)c1ccc(OC)c(C)c1. The van der Waals surface area contributed by atoms with Gasteiger partial charge in [-0.1, -0.05) is 36.7 Å². The molecule has 0 saturated carbocycles. The molecule has 158 valence electrons. The highest BCUT2D eigenvalue weighted by Crippen LogP contribution is 2.27. The number of hydrogen-bond acceptors (Lipinski definition) is 4. The van der Waals surface area contributed by atoms with E-state index in [0.29, 0.717) is 22.7 Å². The lowest BCUT2D eigenvalue weighted by molar-refractivity contribution is -0.120. The molecular weight excluding hydrogens is 412 g/mol. The summed E-state index contributed by atoms with van der Waals surface area (Å²) in [6.07, 6.45) is 1.73. The predicted octanol–water partition coefficient (Wildman–Crippen LogP) is 4.00.